The van der Waals surface area contributed by atoms with E-state index < -0.39 is 17.1 Å². The summed E-state index contributed by atoms with van der Waals surface area (Å²) in [6, 6.07) is -0.475. The number of likely N-dealkylation sites (tertiary alicyclic amines) is 1. The summed E-state index contributed by atoms with van der Waals surface area (Å²) in [6.07, 6.45) is 5.90. The first-order valence-electron chi connectivity index (χ1n) is 7.63. The van der Waals surface area contributed by atoms with Gasteiger partial charge in [0.25, 0.3) is 5.91 Å². The number of rotatable bonds is 2. The molecule has 0 aromatic rings. The molecule has 1 spiro atoms. The maximum Gasteiger partial charge on any atom is 0.322 e. The highest BCUT2D eigenvalue weighted by Gasteiger charge is 2.51. The summed E-state index contributed by atoms with van der Waals surface area (Å²) in [5.41, 5.74) is 5.00. The Morgan fingerprint density at radius 3 is 2.52 bits per heavy atom. The van der Waals surface area contributed by atoms with E-state index in [0.29, 0.717) is 19.4 Å². The van der Waals surface area contributed by atoms with E-state index in [-0.39, 0.29) is 18.4 Å². The van der Waals surface area contributed by atoms with Crippen molar-refractivity contribution in [2.75, 3.05) is 13.1 Å². The minimum absolute atomic E-state index is 0.00905. The molecule has 0 aromatic carbocycles. The average molecular weight is 294 g/mol. The maximum absolute atomic E-state index is 12.4. The average Bonchev–Trinajstić information content (AvgIpc) is 2.95. The van der Waals surface area contributed by atoms with Crippen LogP contribution in [-0.2, 0) is 9.59 Å². The van der Waals surface area contributed by atoms with Crippen LogP contribution in [-0.4, -0.2) is 46.9 Å². The molecule has 1 saturated carbocycles. The fourth-order valence-electron chi connectivity index (χ4n) is 3.68. The number of nitrogens with two attached hydrogens (primary N) is 1. The zero-order valence-electron chi connectivity index (χ0n) is 12.1. The molecule has 3 fully saturated rings. The molecule has 3 rings (SSSR count). The van der Waals surface area contributed by atoms with E-state index in [9.17, 15) is 14.4 Å². The Morgan fingerprint density at radius 2 is 1.90 bits per heavy atom. The molecule has 3 aliphatic rings. The summed E-state index contributed by atoms with van der Waals surface area (Å²) in [6.45, 7) is 0.738. The molecular formula is C14H22N4O3. The first-order valence-corrected chi connectivity index (χ1v) is 7.63. The predicted molar refractivity (Wildman–Crippen MR) is 75.2 cm³/mol. The lowest BCUT2D eigenvalue weighted by Crippen LogP contribution is -2.51. The molecule has 0 aromatic heterocycles. The molecule has 2 aliphatic heterocycles. The number of carbonyl (C=O) groups is 3. The van der Waals surface area contributed by atoms with Gasteiger partial charge in [0.2, 0.25) is 5.91 Å². The molecule has 116 valence electrons. The molecule has 1 atom stereocenters. The van der Waals surface area contributed by atoms with Crippen LogP contribution in [0.4, 0.5) is 4.79 Å². The number of imide groups is 1. The van der Waals surface area contributed by atoms with Gasteiger partial charge in [0.05, 0.1) is 6.54 Å². The number of urea groups is 1. The highest BCUT2D eigenvalue weighted by molar-refractivity contribution is 6.07. The Hall–Kier alpha value is -1.63. The Bertz CT molecular complexity index is 487. The molecule has 4 N–H and O–H groups in total. The first kappa shape index (κ1) is 14.3. The molecule has 7 heteroatoms. The van der Waals surface area contributed by atoms with E-state index in [2.05, 4.69) is 10.6 Å². The maximum atomic E-state index is 12.4. The van der Waals surface area contributed by atoms with Crippen LogP contribution < -0.4 is 16.4 Å². The van der Waals surface area contributed by atoms with Crippen molar-refractivity contribution in [3.8, 4) is 0 Å². The third-order valence-corrected chi connectivity index (χ3v) is 4.99. The van der Waals surface area contributed by atoms with Gasteiger partial charge in [-0.2, -0.15) is 0 Å². The molecular weight excluding hydrogens is 272 g/mol. The van der Waals surface area contributed by atoms with Crippen molar-refractivity contribution in [3.63, 3.8) is 0 Å². The van der Waals surface area contributed by atoms with Crippen molar-refractivity contribution in [2.24, 2.45) is 5.73 Å². The standard InChI is InChI=1S/C14H22N4O3/c15-13(4-2-1-3-5-13)8-10(19)18-7-6-14(9-18)11(20)16-12(21)17-14/h1-9,15H2,(H2,16,17,20,21). The molecule has 0 radical (unpaired) electrons. The van der Waals surface area contributed by atoms with Crippen molar-refractivity contribution >= 4 is 17.8 Å². The Kier molecular flexibility index (Phi) is 3.39. The largest absolute Gasteiger partial charge is 0.340 e. The molecule has 0 bridgehead atoms. The Labute approximate surface area is 123 Å². The van der Waals surface area contributed by atoms with Crippen molar-refractivity contribution in [3.05, 3.63) is 0 Å². The number of carbonyl (C=O) groups excluding carboxylic acids is 3. The topological polar surface area (TPSA) is 105 Å². The van der Waals surface area contributed by atoms with Crippen LogP contribution in [0.2, 0.25) is 0 Å². The second-order valence-corrected chi connectivity index (χ2v) is 6.66. The minimum Gasteiger partial charge on any atom is -0.340 e. The van der Waals surface area contributed by atoms with Crippen LogP contribution in [0.15, 0.2) is 0 Å². The number of amides is 4. The second-order valence-electron chi connectivity index (χ2n) is 6.66. The smallest absolute Gasteiger partial charge is 0.322 e. The van der Waals surface area contributed by atoms with Gasteiger partial charge in [0, 0.05) is 18.5 Å². The summed E-state index contributed by atoms with van der Waals surface area (Å²) in [5, 5.41) is 4.90. The quantitative estimate of drug-likeness (QED) is 0.616. The van der Waals surface area contributed by atoms with Gasteiger partial charge in [-0.3, -0.25) is 14.9 Å². The van der Waals surface area contributed by atoms with Crippen molar-refractivity contribution in [1.29, 1.82) is 0 Å². The van der Waals surface area contributed by atoms with Gasteiger partial charge in [-0.25, -0.2) is 4.79 Å². The van der Waals surface area contributed by atoms with Crippen LogP contribution in [0.1, 0.15) is 44.9 Å². The Balaban J connectivity index is 1.62. The number of nitrogens with zero attached hydrogens (tertiary/aromatic N) is 1. The second kappa shape index (κ2) is 4.98. The molecule has 2 saturated heterocycles. The number of nitrogens with one attached hydrogen (secondary N) is 2. The van der Waals surface area contributed by atoms with E-state index in [4.69, 9.17) is 5.73 Å². The summed E-state index contributed by atoms with van der Waals surface area (Å²) >= 11 is 0. The fourth-order valence-corrected chi connectivity index (χ4v) is 3.68. The lowest BCUT2D eigenvalue weighted by Gasteiger charge is -2.34. The summed E-state index contributed by atoms with van der Waals surface area (Å²) in [5.74, 6) is -0.340. The van der Waals surface area contributed by atoms with Crippen molar-refractivity contribution in [2.45, 2.75) is 56.0 Å². The minimum atomic E-state index is -0.929. The van der Waals surface area contributed by atoms with Crippen molar-refractivity contribution < 1.29 is 14.4 Å². The SMILES string of the molecule is NC1(CC(=O)N2CCC3(C2)NC(=O)NC3=O)CCCCC1. The normalized spacial score (nSPS) is 31.4. The van der Waals surface area contributed by atoms with Crippen LogP contribution >= 0.6 is 0 Å². The third kappa shape index (κ3) is 2.62. The molecule has 7 nitrogen and oxygen atoms in total. The van der Waals surface area contributed by atoms with Crippen LogP contribution in [0.5, 0.6) is 0 Å². The first-order chi connectivity index (χ1) is 9.92. The van der Waals surface area contributed by atoms with Gasteiger partial charge in [0.15, 0.2) is 0 Å². The summed E-state index contributed by atoms with van der Waals surface area (Å²) in [4.78, 5) is 37.3. The molecule has 1 aliphatic carbocycles. The van der Waals surface area contributed by atoms with Crippen LogP contribution in [0, 0.1) is 0 Å². The Morgan fingerprint density at radius 1 is 1.19 bits per heavy atom. The van der Waals surface area contributed by atoms with Gasteiger partial charge in [-0.05, 0) is 19.3 Å². The highest BCUT2D eigenvalue weighted by Crippen LogP contribution is 2.31. The van der Waals surface area contributed by atoms with E-state index in [1.807, 2.05) is 0 Å². The lowest BCUT2D eigenvalue weighted by atomic mass is 9.80. The van der Waals surface area contributed by atoms with Gasteiger partial charge in [-0.1, -0.05) is 19.3 Å². The van der Waals surface area contributed by atoms with Gasteiger partial charge < -0.3 is 16.0 Å². The summed E-state index contributed by atoms with van der Waals surface area (Å²) < 4.78 is 0. The highest BCUT2D eigenvalue weighted by atomic mass is 16.2. The van der Waals surface area contributed by atoms with E-state index in [1.165, 1.54) is 6.42 Å². The molecule has 1 unspecified atom stereocenters. The van der Waals surface area contributed by atoms with E-state index in [1.54, 1.807) is 4.90 Å². The van der Waals surface area contributed by atoms with E-state index >= 15 is 0 Å². The lowest BCUT2D eigenvalue weighted by molar-refractivity contribution is -0.132. The number of hydrogen-bond acceptors (Lipinski definition) is 4. The van der Waals surface area contributed by atoms with Crippen LogP contribution in [0.3, 0.4) is 0 Å². The van der Waals surface area contributed by atoms with Gasteiger partial charge >= 0.3 is 6.03 Å². The van der Waals surface area contributed by atoms with Gasteiger partial charge in [-0.15, -0.1) is 0 Å². The number of hydrogen-bond donors (Lipinski definition) is 3. The predicted octanol–water partition coefficient (Wildman–Crippen LogP) is -0.151. The molecule has 4 amide bonds. The monoisotopic (exact) mass is 294 g/mol. The molecule has 21 heavy (non-hydrogen) atoms. The van der Waals surface area contributed by atoms with Crippen molar-refractivity contribution in [1.82, 2.24) is 15.5 Å². The zero-order chi connectivity index (χ0) is 15.1. The summed E-state index contributed by atoms with van der Waals surface area (Å²) in [7, 11) is 0. The third-order valence-electron chi connectivity index (χ3n) is 4.99. The van der Waals surface area contributed by atoms with Crippen LogP contribution in [0.25, 0.3) is 0 Å². The van der Waals surface area contributed by atoms with Gasteiger partial charge in [0.1, 0.15) is 5.54 Å². The van der Waals surface area contributed by atoms with E-state index in [0.717, 1.165) is 25.7 Å². The molecule has 2 heterocycles. The fraction of sp³-hybridized carbons (Fsp3) is 0.786. The zero-order valence-corrected chi connectivity index (χ0v) is 12.1.